The Balaban J connectivity index is 2.16. The Morgan fingerprint density at radius 1 is 0.838 bits per heavy atom. The van der Waals surface area contributed by atoms with Gasteiger partial charge in [0.1, 0.15) is 17.1 Å². The van der Waals surface area contributed by atoms with Crippen molar-refractivity contribution in [2.45, 2.75) is 65.0 Å². The molecule has 2 rings (SSSR count). The first-order valence-electron chi connectivity index (χ1n) is 12.0. The van der Waals surface area contributed by atoms with Crippen molar-refractivity contribution in [3.63, 3.8) is 0 Å². The van der Waals surface area contributed by atoms with Gasteiger partial charge in [0.25, 0.3) is 0 Å². The second kappa shape index (κ2) is 13.5. The van der Waals surface area contributed by atoms with Gasteiger partial charge in [-0.15, -0.1) is 0 Å². The molecule has 0 saturated carbocycles. The molecule has 0 saturated heterocycles. The van der Waals surface area contributed by atoms with Crippen LogP contribution in [-0.4, -0.2) is 42.4 Å². The van der Waals surface area contributed by atoms with E-state index in [2.05, 4.69) is 5.32 Å². The second-order valence-corrected chi connectivity index (χ2v) is 10.1. The largest absolute Gasteiger partial charge is 0.464 e. The monoisotopic (exact) mass is 553 g/mol. The molecule has 8 nitrogen and oxygen atoms in total. The van der Waals surface area contributed by atoms with Crippen LogP contribution < -0.4 is 10.1 Å². The first-order chi connectivity index (χ1) is 17.4. The summed E-state index contributed by atoms with van der Waals surface area (Å²) in [5.74, 6) is -0.709. The van der Waals surface area contributed by atoms with E-state index in [0.29, 0.717) is 34.4 Å². The number of aryl methyl sites for hydroxylation is 1. The summed E-state index contributed by atoms with van der Waals surface area (Å²) in [6, 6.07) is 12.2. The molecule has 0 heterocycles. The fourth-order valence-corrected chi connectivity index (χ4v) is 3.95. The minimum atomic E-state index is -2.04. The molecule has 37 heavy (non-hydrogen) atoms. The maximum absolute atomic E-state index is 13.0. The van der Waals surface area contributed by atoms with Crippen molar-refractivity contribution in [3.8, 4) is 11.5 Å². The van der Waals surface area contributed by atoms with Gasteiger partial charge in [-0.1, -0.05) is 35.3 Å². The first kappa shape index (κ1) is 30.3. The van der Waals surface area contributed by atoms with Crippen LogP contribution in [0.15, 0.2) is 42.5 Å². The molecule has 1 N–H and O–H groups in total. The molecule has 0 aliphatic carbocycles. The van der Waals surface area contributed by atoms with Crippen molar-refractivity contribution >= 4 is 41.2 Å². The minimum Gasteiger partial charge on any atom is -0.464 e. The van der Waals surface area contributed by atoms with Crippen LogP contribution in [0.1, 0.15) is 53.0 Å². The summed E-state index contributed by atoms with van der Waals surface area (Å²) >= 11 is 12.0. The lowest BCUT2D eigenvalue weighted by atomic mass is 9.91. The van der Waals surface area contributed by atoms with Gasteiger partial charge in [0.05, 0.1) is 13.2 Å². The SMILES string of the molecule is CCOC(=O)C(CCCc1ccc(Oc2cc(Cl)cc(Cl)c2)cc1)(NC(=O)OC(C)(C)C)C(=O)OCC. The third-order valence-corrected chi connectivity index (χ3v) is 5.41. The molecule has 0 aromatic heterocycles. The van der Waals surface area contributed by atoms with E-state index in [-0.39, 0.29) is 19.6 Å². The van der Waals surface area contributed by atoms with E-state index in [9.17, 15) is 14.4 Å². The molecule has 2 aromatic rings. The topological polar surface area (TPSA) is 100 Å². The van der Waals surface area contributed by atoms with Crippen LogP contribution in [0, 0.1) is 0 Å². The van der Waals surface area contributed by atoms with Gasteiger partial charge in [-0.2, -0.15) is 0 Å². The molecule has 0 radical (unpaired) electrons. The van der Waals surface area contributed by atoms with Gasteiger partial charge >= 0.3 is 18.0 Å². The quantitative estimate of drug-likeness (QED) is 0.192. The molecular formula is C27H33Cl2NO7. The number of nitrogens with one attached hydrogen (secondary N) is 1. The van der Waals surface area contributed by atoms with Crippen molar-refractivity contribution in [2.24, 2.45) is 0 Å². The number of esters is 2. The van der Waals surface area contributed by atoms with Crippen LogP contribution in [0.2, 0.25) is 10.0 Å². The number of ether oxygens (including phenoxy) is 4. The number of hydrogen-bond acceptors (Lipinski definition) is 7. The third kappa shape index (κ3) is 9.44. The fourth-order valence-electron chi connectivity index (χ4n) is 3.44. The Labute approximate surface area is 227 Å². The normalized spacial score (nSPS) is 11.4. The van der Waals surface area contributed by atoms with E-state index >= 15 is 0 Å². The first-order valence-corrected chi connectivity index (χ1v) is 12.7. The third-order valence-electron chi connectivity index (χ3n) is 4.97. The Bertz CT molecular complexity index is 1040. The molecule has 0 atom stereocenters. The number of halogens is 2. The molecule has 202 valence electrons. The zero-order valence-electron chi connectivity index (χ0n) is 21.7. The van der Waals surface area contributed by atoms with Gasteiger partial charge in [0.15, 0.2) is 0 Å². The summed E-state index contributed by atoms with van der Waals surface area (Å²) in [5, 5.41) is 3.36. The summed E-state index contributed by atoms with van der Waals surface area (Å²) < 4.78 is 21.4. The van der Waals surface area contributed by atoms with E-state index < -0.39 is 29.2 Å². The second-order valence-electron chi connectivity index (χ2n) is 9.18. The van der Waals surface area contributed by atoms with Crippen molar-refractivity contribution in [3.05, 3.63) is 58.1 Å². The number of alkyl carbamates (subject to hydrolysis) is 1. The lowest BCUT2D eigenvalue weighted by Gasteiger charge is -2.31. The lowest BCUT2D eigenvalue weighted by Crippen LogP contribution is -2.62. The maximum atomic E-state index is 13.0. The predicted octanol–water partition coefficient (Wildman–Crippen LogP) is 6.50. The summed E-state index contributed by atoms with van der Waals surface area (Å²) in [5.41, 5.74) is -1.95. The molecule has 2 aromatic carbocycles. The molecular weight excluding hydrogens is 521 g/mol. The van der Waals surface area contributed by atoms with Gasteiger partial charge in [0, 0.05) is 10.0 Å². The highest BCUT2D eigenvalue weighted by molar-refractivity contribution is 6.34. The van der Waals surface area contributed by atoms with E-state index in [4.69, 9.17) is 42.1 Å². The van der Waals surface area contributed by atoms with Crippen molar-refractivity contribution in [1.82, 2.24) is 5.32 Å². The van der Waals surface area contributed by atoms with E-state index in [1.165, 1.54) is 0 Å². The Morgan fingerprint density at radius 3 is 1.86 bits per heavy atom. The fraction of sp³-hybridized carbons (Fsp3) is 0.444. The summed E-state index contributed by atoms with van der Waals surface area (Å²) in [6.07, 6.45) is -0.114. The highest BCUT2D eigenvalue weighted by Crippen LogP contribution is 2.29. The number of carbonyl (C=O) groups is 3. The van der Waals surface area contributed by atoms with Gasteiger partial charge in [-0.3, -0.25) is 5.32 Å². The number of amides is 1. The Kier molecular flexibility index (Phi) is 11.1. The zero-order chi connectivity index (χ0) is 27.6. The van der Waals surface area contributed by atoms with Crippen LogP contribution in [0.3, 0.4) is 0 Å². The average molecular weight is 554 g/mol. The van der Waals surface area contributed by atoms with E-state index in [1.54, 1.807) is 65.0 Å². The average Bonchev–Trinajstić information content (AvgIpc) is 2.78. The summed E-state index contributed by atoms with van der Waals surface area (Å²) in [4.78, 5) is 38.5. The van der Waals surface area contributed by atoms with Crippen molar-refractivity contribution in [1.29, 1.82) is 0 Å². The number of hydrogen-bond donors (Lipinski definition) is 1. The van der Waals surface area contributed by atoms with Crippen LogP contribution >= 0.6 is 23.2 Å². The molecule has 0 aliphatic heterocycles. The predicted molar refractivity (Wildman–Crippen MR) is 141 cm³/mol. The van der Waals surface area contributed by atoms with Crippen molar-refractivity contribution in [2.75, 3.05) is 13.2 Å². The molecule has 10 heteroatoms. The highest BCUT2D eigenvalue weighted by atomic mass is 35.5. The van der Waals surface area contributed by atoms with Gasteiger partial charge < -0.3 is 18.9 Å². The summed E-state index contributed by atoms with van der Waals surface area (Å²) in [7, 11) is 0. The van der Waals surface area contributed by atoms with Gasteiger partial charge in [-0.05, 0) is 89.8 Å². The molecule has 0 aliphatic rings. The van der Waals surface area contributed by atoms with Crippen LogP contribution in [0.5, 0.6) is 11.5 Å². The van der Waals surface area contributed by atoms with Crippen LogP contribution in [0.25, 0.3) is 0 Å². The highest BCUT2D eigenvalue weighted by Gasteiger charge is 2.50. The van der Waals surface area contributed by atoms with Crippen LogP contribution in [0.4, 0.5) is 4.79 Å². The molecule has 0 bridgehead atoms. The maximum Gasteiger partial charge on any atom is 0.409 e. The molecule has 1 amide bonds. The Morgan fingerprint density at radius 2 is 1.38 bits per heavy atom. The van der Waals surface area contributed by atoms with Gasteiger partial charge in [0.2, 0.25) is 5.54 Å². The van der Waals surface area contributed by atoms with E-state index in [1.807, 2.05) is 12.1 Å². The Hall–Kier alpha value is -2.97. The smallest absolute Gasteiger partial charge is 0.409 e. The molecule has 0 fully saturated rings. The van der Waals surface area contributed by atoms with E-state index in [0.717, 1.165) is 5.56 Å². The number of rotatable bonds is 11. The lowest BCUT2D eigenvalue weighted by molar-refractivity contribution is -0.166. The standard InChI is InChI=1S/C27H33Cl2NO7/c1-6-34-23(31)27(24(32)35-7-2,30-25(33)37-26(3,4)5)14-8-9-18-10-12-21(13-11-18)36-22-16-19(28)15-20(29)17-22/h10-13,15-17H,6-9,14H2,1-5H3,(H,30,33). The van der Waals surface area contributed by atoms with Gasteiger partial charge in [-0.25, -0.2) is 14.4 Å². The number of benzene rings is 2. The van der Waals surface area contributed by atoms with Crippen molar-refractivity contribution < 1.29 is 33.3 Å². The van der Waals surface area contributed by atoms with Crippen LogP contribution in [-0.2, 0) is 30.2 Å². The molecule has 0 spiro atoms. The summed E-state index contributed by atoms with van der Waals surface area (Å²) in [6.45, 7) is 8.31. The number of carbonyl (C=O) groups excluding carboxylic acids is 3. The zero-order valence-corrected chi connectivity index (χ0v) is 23.2. The minimum absolute atomic E-state index is 0.0231. The molecule has 0 unspecified atom stereocenters.